The third-order valence-electron chi connectivity index (χ3n) is 4.89. The van der Waals surface area contributed by atoms with Gasteiger partial charge in [0.1, 0.15) is 17.2 Å². The number of imide groups is 1. The number of benzene rings is 3. The van der Waals surface area contributed by atoms with Crippen LogP contribution in [0.15, 0.2) is 84.6 Å². The minimum Gasteiger partial charge on any atom is -0.494 e. The van der Waals surface area contributed by atoms with Crippen molar-refractivity contribution in [1.82, 2.24) is 0 Å². The topological polar surface area (TPSA) is 67.9 Å². The number of anilines is 2. The van der Waals surface area contributed by atoms with E-state index in [0.29, 0.717) is 23.6 Å². The number of nitrogens with one attached hydrogen (secondary N) is 1. The van der Waals surface area contributed by atoms with E-state index in [4.69, 9.17) is 4.74 Å². The molecule has 0 radical (unpaired) electrons. The molecule has 0 saturated carbocycles. The Kier molecular flexibility index (Phi) is 6.27. The lowest BCUT2D eigenvalue weighted by Gasteiger charge is -2.17. The highest BCUT2D eigenvalue weighted by Crippen LogP contribution is 2.35. The van der Waals surface area contributed by atoms with Crippen molar-refractivity contribution in [3.8, 4) is 11.5 Å². The summed E-state index contributed by atoms with van der Waals surface area (Å²) in [5.41, 5.74) is 1.07. The van der Waals surface area contributed by atoms with Crippen LogP contribution in [0.3, 0.4) is 0 Å². The molecule has 174 valence electrons. The van der Waals surface area contributed by atoms with Gasteiger partial charge in [0.25, 0.3) is 11.8 Å². The van der Waals surface area contributed by atoms with E-state index in [9.17, 15) is 22.8 Å². The van der Waals surface area contributed by atoms with Gasteiger partial charge in [0.2, 0.25) is 0 Å². The van der Waals surface area contributed by atoms with E-state index in [1.807, 2.05) is 6.92 Å². The average Bonchev–Trinajstić information content (AvgIpc) is 3.04. The molecule has 0 aliphatic carbocycles. The molecule has 34 heavy (non-hydrogen) atoms. The third kappa shape index (κ3) is 4.88. The molecule has 1 heterocycles. The van der Waals surface area contributed by atoms with E-state index in [2.05, 4.69) is 10.1 Å². The molecule has 0 unspecified atom stereocenters. The van der Waals surface area contributed by atoms with Crippen LogP contribution in [0.25, 0.3) is 5.57 Å². The minimum atomic E-state index is -4.91. The van der Waals surface area contributed by atoms with Crippen molar-refractivity contribution < 1.29 is 32.2 Å². The lowest BCUT2D eigenvalue weighted by molar-refractivity contribution is -0.274. The number of carbonyl (C=O) groups is 2. The van der Waals surface area contributed by atoms with Gasteiger partial charge in [0.05, 0.1) is 17.9 Å². The van der Waals surface area contributed by atoms with Crippen LogP contribution < -0.4 is 19.7 Å². The van der Waals surface area contributed by atoms with E-state index >= 15 is 0 Å². The van der Waals surface area contributed by atoms with Gasteiger partial charge >= 0.3 is 6.36 Å². The first-order chi connectivity index (χ1) is 16.3. The molecule has 9 heteroatoms. The van der Waals surface area contributed by atoms with E-state index in [1.54, 1.807) is 54.6 Å². The predicted molar refractivity (Wildman–Crippen MR) is 120 cm³/mol. The zero-order valence-electron chi connectivity index (χ0n) is 17.9. The first-order valence-electron chi connectivity index (χ1n) is 10.3. The number of hydrogen-bond donors (Lipinski definition) is 1. The lowest BCUT2D eigenvalue weighted by atomic mass is 10.0. The molecule has 1 aliphatic heterocycles. The third-order valence-corrected chi connectivity index (χ3v) is 4.89. The smallest absolute Gasteiger partial charge is 0.494 e. The monoisotopic (exact) mass is 468 g/mol. The fourth-order valence-corrected chi connectivity index (χ4v) is 3.52. The van der Waals surface area contributed by atoms with Crippen molar-refractivity contribution in [3.63, 3.8) is 0 Å². The van der Waals surface area contributed by atoms with Crippen molar-refractivity contribution >= 4 is 28.8 Å². The summed E-state index contributed by atoms with van der Waals surface area (Å²) in [6.45, 7) is 2.35. The molecule has 0 fully saturated rings. The number of hydrogen-bond acceptors (Lipinski definition) is 5. The van der Waals surface area contributed by atoms with Gasteiger partial charge in [-0.1, -0.05) is 36.4 Å². The maximum Gasteiger partial charge on any atom is 0.573 e. The van der Waals surface area contributed by atoms with Crippen molar-refractivity contribution in [1.29, 1.82) is 0 Å². The summed E-state index contributed by atoms with van der Waals surface area (Å²) in [5.74, 6) is -1.28. The molecular weight excluding hydrogens is 449 g/mol. The van der Waals surface area contributed by atoms with Crippen LogP contribution in [0.1, 0.15) is 12.5 Å². The molecular formula is C25H19F3N2O4. The molecule has 0 saturated heterocycles. The van der Waals surface area contributed by atoms with Gasteiger partial charge in [0, 0.05) is 11.8 Å². The van der Waals surface area contributed by atoms with Crippen LogP contribution in [0.2, 0.25) is 0 Å². The van der Waals surface area contributed by atoms with Gasteiger partial charge < -0.3 is 14.8 Å². The molecule has 6 nitrogen and oxygen atoms in total. The summed E-state index contributed by atoms with van der Waals surface area (Å²) < 4.78 is 47.4. The molecule has 2 amide bonds. The first-order valence-corrected chi connectivity index (χ1v) is 10.3. The zero-order chi connectivity index (χ0) is 24.3. The number of ether oxygens (including phenoxy) is 2. The number of carbonyl (C=O) groups excluding carboxylic acids is 2. The molecule has 0 atom stereocenters. The summed E-state index contributed by atoms with van der Waals surface area (Å²) in [6, 6.07) is 20.1. The fraction of sp³-hybridized carbons (Fsp3) is 0.120. The van der Waals surface area contributed by atoms with Gasteiger partial charge in [-0.15, -0.1) is 13.2 Å². The number of alkyl halides is 3. The zero-order valence-corrected chi connectivity index (χ0v) is 17.9. The molecule has 0 spiro atoms. The van der Waals surface area contributed by atoms with Crippen molar-refractivity contribution in [2.45, 2.75) is 13.3 Å². The molecule has 0 aromatic heterocycles. The average molecular weight is 468 g/mol. The van der Waals surface area contributed by atoms with E-state index < -0.39 is 23.9 Å². The van der Waals surface area contributed by atoms with Crippen LogP contribution >= 0.6 is 0 Å². The number of amides is 2. The molecule has 4 rings (SSSR count). The van der Waals surface area contributed by atoms with Gasteiger partial charge in [-0.2, -0.15) is 0 Å². The molecule has 3 aromatic rings. The van der Waals surface area contributed by atoms with Gasteiger partial charge in [-0.25, -0.2) is 4.90 Å². The Morgan fingerprint density at radius 3 is 2.21 bits per heavy atom. The maximum atomic E-state index is 13.4. The second-order valence-corrected chi connectivity index (χ2v) is 7.19. The summed E-state index contributed by atoms with van der Waals surface area (Å²) in [5, 5.41) is 2.99. The quantitative estimate of drug-likeness (QED) is 0.472. The van der Waals surface area contributed by atoms with Gasteiger partial charge in [-0.3, -0.25) is 9.59 Å². The van der Waals surface area contributed by atoms with Crippen LogP contribution in [-0.4, -0.2) is 24.8 Å². The Bertz CT molecular complexity index is 1240. The normalized spacial score (nSPS) is 13.9. The first kappa shape index (κ1) is 22.9. The van der Waals surface area contributed by atoms with Crippen LogP contribution in [0.5, 0.6) is 11.5 Å². The summed E-state index contributed by atoms with van der Waals surface area (Å²) in [4.78, 5) is 27.6. The van der Waals surface area contributed by atoms with Gasteiger partial charge in [0.15, 0.2) is 0 Å². The Morgan fingerprint density at radius 1 is 0.853 bits per heavy atom. The van der Waals surface area contributed by atoms with Gasteiger partial charge in [-0.05, 0) is 48.9 Å². The highest BCUT2D eigenvalue weighted by atomic mass is 19.4. The Hall–Kier alpha value is -4.27. The van der Waals surface area contributed by atoms with E-state index in [1.165, 1.54) is 12.1 Å². The van der Waals surface area contributed by atoms with Crippen LogP contribution in [-0.2, 0) is 9.59 Å². The number of nitrogens with zero attached hydrogens (tertiary/aromatic N) is 1. The van der Waals surface area contributed by atoms with E-state index in [0.717, 1.165) is 17.0 Å². The fourth-order valence-electron chi connectivity index (χ4n) is 3.52. The van der Waals surface area contributed by atoms with E-state index in [-0.39, 0.29) is 17.0 Å². The largest absolute Gasteiger partial charge is 0.573 e. The van der Waals surface area contributed by atoms with Crippen LogP contribution in [0.4, 0.5) is 24.5 Å². The second-order valence-electron chi connectivity index (χ2n) is 7.19. The molecule has 1 aliphatic rings. The Morgan fingerprint density at radius 2 is 1.56 bits per heavy atom. The van der Waals surface area contributed by atoms with Crippen LogP contribution in [0, 0.1) is 0 Å². The van der Waals surface area contributed by atoms with Crippen molar-refractivity contribution in [2.75, 3.05) is 16.8 Å². The summed E-state index contributed by atoms with van der Waals surface area (Å²) in [6.07, 6.45) is -4.91. The van der Waals surface area contributed by atoms with Crippen molar-refractivity contribution in [3.05, 3.63) is 90.1 Å². The predicted octanol–water partition coefficient (Wildman–Crippen LogP) is 5.38. The van der Waals surface area contributed by atoms with Crippen molar-refractivity contribution in [2.24, 2.45) is 0 Å². The second kappa shape index (κ2) is 9.30. The standard InChI is InChI=1S/C25H19F3N2O4/c1-2-33-19-13-11-17(12-14-19)29-22-21(16-7-4-3-5-8-16)23(31)30(24(22)32)18-9-6-10-20(15-18)34-25(26,27)28/h3-15,29H,2H2,1H3. The number of rotatable bonds is 7. The minimum absolute atomic E-state index is 0.00232. The maximum absolute atomic E-state index is 13.4. The Labute approximate surface area is 193 Å². The highest BCUT2D eigenvalue weighted by Gasteiger charge is 2.40. The summed E-state index contributed by atoms with van der Waals surface area (Å²) in [7, 11) is 0. The number of halogens is 3. The highest BCUT2D eigenvalue weighted by molar-refractivity contribution is 6.46. The SMILES string of the molecule is CCOc1ccc(NC2=C(c3ccccc3)C(=O)N(c3cccc(OC(F)(F)F)c3)C2=O)cc1. The summed E-state index contributed by atoms with van der Waals surface area (Å²) >= 11 is 0. The molecule has 0 bridgehead atoms. The lowest BCUT2D eigenvalue weighted by Crippen LogP contribution is -2.32. The molecule has 3 aromatic carbocycles. The molecule has 1 N–H and O–H groups in total. The Balaban J connectivity index is 1.72.